The van der Waals surface area contributed by atoms with Gasteiger partial charge in [-0.3, -0.25) is 4.90 Å². The van der Waals surface area contributed by atoms with Gasteiger partial charge in [0, 0.05) is 44.5 Å². The number of hydrogen-bond acceptors (Lipinski definition) is 4. The highest BCUT2D eigenvalue weighted by Crippen LogP contribution is 2.28. The molecule has 1 N–H and O–H groups in total. The predicted molar refractivity (Wildman–Crippen MR) is 87.8 cm³/mol. The molecule has 4 heteroatoms. The molecule has 0 radical (unpaired) electrons. The van der Waals surface area contributed by atoms with E-state index < -0.39 is 0 Å². The standard InChI is InChI=1S/C17H28N4/c1-3-8-18-13-15-4-7-17(19-14(15)2)21-11-9-20(10-12-21)16-5-6-16/h4,7,16,18H,3,5-6,8-13H2,1-2H3. The molecule has 1 aromatic rings. The van der Waals surface area contributed by atoms with Gasteiger partial charge in [-0.2, -0.15) is 0 Å². The third kappa shape index (κ3) is 3.74. The van der Waals surface area contributed by atoms with E-state index in [-0.39, 0.29) is 0 Å². The lowest BCUT2D eigenvalue weighted by Crippen LogP contribution is -2.47. The highest BCUT2D eigenvalue weighted by molar-refractivity contribution is 5.42. The van der Waals surface area contributed by atoms with Gasteiger partial charge in [-0.05, 0) is 44.4 Å². The normalized spacial score (nSPS) is 20.0. The number of aromatic nitrogens is 1. The van der Waals surface area contributed by atoms with Gasteiger partial charge >= 0.3 is 0 Å². The number of hydrogen-bond donors (Lipinski definition) is 1. The van der Waals surface area contributed by atoms with Gasteiger partial charge in [-0.15, -0.1) is 0 Å². The van der Waals surface area contributed by atoms with Gasteiger partial charge in [-0.25, -0.2) is 4.98 Å². The molecule has 3 rings (SSSR count). The third-order valence-electron chi connectivity index (χ3n) is 4.62. The van der Waals surface area contributed by atoms with Gasteiger partial charge in [0.1, 0.15) is 5.82 Å². The fourth-order valence-electron chi connectivity index (χ4n) is 3.10. The van der Waals surface area contributed by atoms with Gasteiger partial charge < -0.3 is 10.2 Å². The number of nitrogens with zero attached hydrogens (tertiary/aromatic N) is 3. The van der Waals surface area contributed by atoms with Crippen molar-refractivity contribution in [2.45, 2.75) is 45.7 Å². The van der Waals surface area contributed by atoms with Crippen molar-refractivity contribution in [1.82, 2.24) is 15.2 Å². The van der Waals surface area contributed by atoms with Crippen molar-refractivity contribution in [3.05, 3.63) is 23.4 Å². The van der Waals surface area contributed by atoms with E-state index in [1.54, 1.807) is 0 Å². The van der Waals surface area contributed by atoms with Gasteiger partial charge in [0.05, 0.1) is 0 Å². The van der Waals surface area contributed by atoms with E-state index in [0.717, 1.165) is 38.0 Å². The highest BCUT2D eigenvalue weighted by atomic mass is 15.3. The average molecular weight is 288 g/mol. The van der Waals surface area contributed by atoms with Crippen molar-refractivity contribution >= 4 is 5.82 Å². The molecule has 2 aliphatic rings. The second-order valence-electron chi connectivity index (χ2n) is 6.34. The van der Waals surface area contributed by atoms with Crippen LogP contribution in [-0.2, 0) is 6.54 Å². The van der Waals surface area contributed by atoms with Crippen LogP contribution in [0, 0.1) is 6.92 Å². The molecule has 1 aliphatic carbocycles. The minimum atomic E-state index is 0.897. The Labute approximate surface area is 128 Å². The van der Waals surface area contributed by atoms with Crippen LogP contribution in [-0.4, -0.2) is 48.6 Å². The van der Waals surface area contributed by atoms with Crippen LogP contribution >= 0.6 is 0 Å². The SMILES string of the molecule is CCCNCc1ccc(N2CCN(C3CC3)CC2)nc1C. The van der Waals surface area contributed by atoms with Crippen LogP contribution in [0.4, 0.5) is 5.82 Å². The molecular formula is C17H28N4. The predicted octanol–water partition coefficient (Wildman–Crippen LogP) is 2.17. The summed E-state index contributed by atoms with van der Waals surface area (Å²) in [5.74, 6) is 1.15. The van der Waals surface area contributed by atoms with Gasteiger partial charge in [0.2, 0.25) is 0 Å². The molecular weight excluding hydrogens is 260 g/mol. The summed E-state index contributed by atoms with van der Waals surface area (Å²) in [4.78, 5) is 9.91. The molecule has 4 nitrogen and oxygen atoms in total. The van der Waals surface area contributed by atoms with Crippen molar-refractivity contribution in [2.75, 3.05) is 37.6 Å². The van der Waals surface area contributed by atoms with Crippen LogP contribution in [0.3, 0.4) is 0 Å². The summed E-state index contributed by atoms with van der Waals surface area (Å²) >= 11 is 0. The van der Waals surface area contributed by atoms with Crippen molar-refractivity contribution in [1.29, 1.82) is 0 Å². The Morgan fingerprint density at radius 2 is 1.95 bits per heavy atom. The van der Waals surface area contributed by atoms with E-state index in [1.165, 1.54) is 43.6 Å². The Bertz CT molecular complexity index is 462. The molecule has 116 valence electrons. The van der Waals surface area contributed by atoms with Crippen LogP contribution in [0.2, 0.25) is 0 Å². The molecule has 1 saturated heterocycles. The minimum absolute atomic E-state index is 0.897. The van der Waals surface area contributed by atoms with Crippen LogP contribution in [0.5, 0.6) is 0 Å². The zero-order valence-electron chi connectivity index (χ0n) is 13.4. The number of anilines is 1. The number of pyridine rings is 1. The van der Waals surface area contributed by atoms with Crippen LogP contribution in [0.25, 0.3) is 0 Å². The minimum Gasteiger partial charge on any atom is -0.354 e. The fourth-order valence-corrected chi connectivity index (χ4v) is 3.10. The average Bonchev–Trinajstić information content (AvgIpc) is 3.34. The van der Waals surface area contributed by atoms with Crippen molar-refractivity contribution in [3.8, 4) is 0 Å². The Kier molecular flexibility index (Phi) is 4.76. The van der Waals surface area contributed by atoms with Crippen LogP contribution < -0.4 is 10.2 Å². The second-order valence-corrected chi connectivity index (χ2v) is 6.34. The third-order valence-corrected chi connectivity index (χ3v) is 4.62. The zero-order chi connectivity index (χ0) is 14.7. The molecule has 0 aromatic carbocycles. The number of aryl methyl sites for hydroxylation is 1. The van der Waals surface area contributed by atoms with Crippen molar-refractivity contribution in [2.24, 2.45) is 0 Å². The molecule has 0 atom stereocenters. The van der Waals surface area contributed by atoms with Crippen LogP contribution in [0.1, 0.15) is 37.4 Å². The summed E-state index contributed by atoms with van der Waals surface area (Å²) in [6.45, 7) is 11.0. The maximum absolute atomic E-state index is 4.83. The summed E-state index contributed by atoms with van der Waals surface area (Å²) in [6, 6.07) is 5.34. The topological polar surface area (TPSA) is 31.4 Å². The van der Waals surface area contributed by atoms with Gasteiger partial charge in [0.25, 0.3) is 0 Å². The summed E-state index contributed by atoms with van der Waals surface area (Å²) in [7, 11) is 0. The van der Waals surface area contributed by atoms with Crippen molar-refractivity contribution in [3.63, 3.8) is 0 Å². The van der Waals surface area contributed by atoms with E-state index in [2.05, 4.69) is 41.1 Å². The first-order chi connectivity index (χ1) is 10.3. The molecule has 0 bridgehead atoms. The Morgan fingerprint density at radius 3 is 2.57 bits per heavy atom. The first-order valence-corrected chi connectivity index (χ1v) is 8.44. The fraction of sp³-hybridized carbons (Fsp3) is 0.706. The van der Waals surface area contributed by atoms with Crippen LogP contribution in [0.15, 0.2) is 12.1 Å². The Balaban J connectivity index is 1.57. The zero-order valence-corrected chi connectivity index (χ0v) is 13.4. The lowest BCUT2D eigenvalue weighted by atomic mass is 10.2. The summed E-state index contributed by atoms with van der Waals surface area (Å²) < 4.78 is 0. The lowest BCUT2D eigenvalue weighted by Gasteiger charge is -2.35. The number of piperazine rings is 1. The van der Waals surface area contributed by atoms with E-state index in [0.29, 0.717) is 0 Å². The second kappa shape index (κ2) is 6.75. The van der Waals surface area contributed by atoms with E-state index in [1.807, 2.05) is 0 Å². The van der Waals surface area contributed by atoms with Gasteiger partial charge in [0.15, 0.2) is 0 Å². The molecule has 0 spiro atoms. The summed E-state index contributed by atoms with van der Waals surface area (Å²) in [5, 5.41) is 3.46. The molecule has 21 heavy (non-hydrogen) atoms. The van der Waals surface area contributed by atoms with E-state index in [4.69, 9.17) is 4.98 Å². The van der Waals surface area contributed by atoms with Crippen molar-refractivity contribution < 1.29 is 0 Å². The monoisotopic (exact) mass is 288 g/mol. The first-order valence-electron chi connectivity index (χ1n) is 8.44. The molecule has 0 amide bonds. The largest absolute Gasteiger partial charge is 0.354 e. The quantitative estimate of drug-likeness (QED) is 0.813. The molecule has 2 fully saturated rings. The smallest absolute Gasteiger partial charge is 0.128 e. The van der Waals surface area contributed by atoms with Gasteiger partial charge in [-0.1, -0.05) is 13.0 Å². The summed E-state index contributed by atoms with van der Waals surface area (Å²) in [5.41, 5.74) is 2.49. The molecule has 1 aromatic heterocycles. The maximum atomic E-state index is 4.83. The molecule has 1 saturated carbocycles. The number of rotatable bonds is 6. The van der Waals surface area contributed by atoms with E-state index in [9.17, 15) is 0 Å². The highest BCUT2D eigenvalue weighted by Gasteiger charge is 2.31. The summed E-state index contributed by atoms with van der Waals surface area (Å²) in [6.07, 6.45) is 4.00. The lowest BCUT2D eigenvalue weighted by molar-refractivity contribution is 0.247. The molecule has 0 unspecified atom stereocenters. The van der Waals surface area contributed by atoms with E-state index >= 15 is 0 Å². The first kappa shape index (κ1) is 14.8. The number of nitrogens with one attached hydrogen (secondary N) is 1. The molecule has 1 aliphatic heterocycles. The Morgan fingerprint density at radius 1 is 1.19 bits per heavy atom. The maximum Gasteiger partial charge on any atom is 0.128 e. The Hall–Kier alpha value is -1.13. The molecule has 2 heterocycles.